The van der Waals surface area contributed by atoms with Gasteiger partial charge in [0.25, 0.3) is 11.7 Å². The molecule has 0 saturated carbocycles. The summed E-state index contributed by atoms with van der Waals surface area (Å²) in [5.41, 5.74) is 12.2. The van der Waals surface area contributed by atoms with E-state index in [9.17, 15) is 4.79 Å². The number of hydrogen-bond acceptors (Lipinski definition) is 5. The lowest BCUT2D eigenvalue weighted by Gasteiger charge is -1.96. The first-order valence-electron chi connectivity index (χ1n) is 4.62. The van der Waals surface area contributed by atoms with E-state index in [-0.39, 0.29) is 5.82 Å². The molecule has 0 radical (unpaired) electrons. The summed E-state index contributed by atoms with van der Waals surface area (Å²) in [6.45, 7) is 0. The topological polar surface area (TPSA) is 108 Å². The number of hydrogen-bond donors (Lipinski definition) is 2. The Bertz CT molecular complexity index is 504. The van der Waals surface area contributed by atoms with Crippen LogP contribution >= 0.6 is 0 Å². The molecular weight excluding hydrogens is 208 g/mol. The fraction of sp³-hybridized carbons (Fsp3) is 0.100. The highest BCUT2D eigenvalue weighted by Crippen LogP contribution is 2.10. The van der Waals surface area contributed by atoms with E-state index in [1.165, 1.54) is 0 Å². The predicted molar refractivity (Wildman–Crippen MR) is 56.5 cm³/mol. The van der Waals surface area contributed by atoms with Crippen molar-refractivity contribution >= 4 is 11.6 Å². The van der Waals surface area contributed by atoms with Crippen LogP contribution in [0, 0.1) is 0 Å². The molecule has 0 spiro atoms. The Morgan fingerprint density at radius 3 is 2.56 bits per heavy atom. The van der Waals surface area contributed by atoms with Crippen molar-refractivity contribution in [1.29, 1.82) is 0 Å². The van der Waals surface area contributed by atoms with Gasteiger partial charge in [-0.15, -0.1) is 0 Å². The van der Waals surface area contributed by atoms with E-state index in [0.29, 0.717) is 18.0 Å². The van der Waals surface area contributed by atoms with Crippen LogP contribution in [0.2, 0.25) is 0 Å². The molecule has 2 rings (SSSR count). The Labute approximate surface area is 91.2 Å². The van der Waals surface area contributed by atoms with E-state index in [4.69, 9.17) is 16.0 Å². The van der Waals surface area contributed by atoms with Crippen LogP contribution < -0.4 is 11.5 Å². The van der Waals surface area contributed by atoms with Crippen molar-refractivity contribution in [2.24, 2.45) is 5.73 Å². The van der Waals surface area contributed by atoms with Gasteiger partial charge in [0.05, 0.1) is 6.42 Å². The first-order chi connectivity index (χ1) is 7.65. The third-order valence-corrected chi connectivity index (χ3v) is 2.02. The molecule has 6 heteroatoms. The molecule has 0 saturated heterocycles. The van der Waals surface area contributed by atoms with Gasteiger partial charge >= 0.3 is 0 Å². The van der Waals surface area contributed by atoms with Crippen molar-refractivity contribution in [3.63, 3.8) is 0 Å². The summed E-state index contributed by atoms with van der Waals surface area (Å²) in [5, 5.41) is 3.44. The molecule has 6 nitrogen and oxygen atoms in total. The van der Waals surface area contributed by atoms with Gasteiger partial charge in [0.1, 0.15) is 0 Å². The highest BCUT2D eigenvalue weighted by Gasteiger charge is 2.10. The molecule has 0 fully saturated rings. The average Bonchev–Trinajstić information content (AvgIpc) is 2.70. The van der Waals surface area contributed by atoms with Gasteiger partial charge in [0, 0.05) is 5.69 Å². The summed E-state index contributed by atoms with van der Waals surface area (Å²) < 4.78 is 4.87. The number of anilines is 1. The standard InChI is InChI=1S/C10H10N4O2/c11-7-3-1-6(2-4-7)5-8-13-10(9(12)15)14-16-8/h1-4H,5,11H2,(H2,12,15). The second kappa shape index (κ2) is 4.01. The van der Waals surface area contributed by atoms with Crippen LogP contribution in [0.15, 0.2) is 28.8 Å². The number of primary amides is 1. The maximum Gasteiger partial charge on any atom is 0.290 e. The molecule has 0 unspecified atom stereocenters. The summed E-state index contributed by atoms with van der Waals surface area (Å²) in [5.74, 6) is -0.462. The molecule has 4 N–H and O–H groups in total. The Morgan fingerprint density at radius 2 is 2.00 bits per heavy atom. The second-order valence-corrected chi connectivity index (χ2v) is 3.29. The predicted octanol–water partition coefficient (Wildman–Crippen LogP) is 0.341. The maximum absolute atomic E-state index is 10.7. The van der Waals surface area contributed by atoms with Crippen molar-refractivity contribution in [3.8, 4) is 0 Å². The Hall–Kier alpha value is -2.37. The molecule has 0 aliphatic heterocycles. The van der Waals surface area contributed by atoms with E-state index in [2.05, 4.69) is 10.1 Å². The molecule has 2 aromatic rings. The molecule has 1 aromatic carbocycles. The Balaban J connectivity index is 2.14. The summed E-state index contributed by atoms with van der Waals surface area (Å²) in [4.78, 5) is 14.6. The van der Waals surface area contributed by atoms with E-state index < -0.39 is 5.91 Å². The van der Waals surface area contributed by atoms with Gasteiger partial charge in [-0.2, -0.15) is 4.98 Å². The quantitative estimate of drug-likeness (QED) is 0.722. The van der Waals surface area contributed by atoms with Crippen LogP contribution in [0.1, 0.15) is 22.1 Å². The minimum Gasteiger partial charge on any atom is -0.399 e. The zero-order valence-electron chi connectivity index (χ0n) is 8.38. The number of rotatable bonds is 3. The van der Waals surface area contributed by atoms with Crippen molar-refractivity contribution < 1.29 is 9.32 Å². The summed E-state index contributed by atoms with van der Waals surface area (Å²) >= 11 is 0. The smallest absolute Gasteiger partial charge is 0.290 e. The highest BCUT2D eigenvalue weighted by molar-refractivity contribution is 5.88. The molecule has 0 aliphatic rings. The highest BCUT2D eigenvalue weighted by atomic mass is 16.5. The molecule has 82 valence electrons. The summed E-state index contributed by atoms with van der Waals surface area (Å²) in [7, 11) is 0. The van der Waals surface area contributed by atoms with Crippen LogP contribution in [0.5, 0.6) is 0 Å². The molecule has 16 heavy (non-hydrogen) atoms. The van der Waals surface area contributed by atoms with E-state index in [0.717, 1.165) is 5.56 Å². The molecule has 1 amide bonds. The average molecular weight is 218 g/mol. The van der Waals surface area contributed by atoms with E-state index in [1.54, 1.807) is 12.1 Å². The number of benzene rings is 1. The molecule has 0 aliphatic carbocycles. The number of nitrogen functional groups attached to an aromatic ring is 1. The van der Waals surface area contributed by atoms with Gasteiger partial charge in [-0.3, -0.25) is 4.79 Å². The number of nitrogens with zero attached hydrogens (tertiary/aromatic N) is 2. The van der Waals surface area contributed by atoms with Gasteiger partial charge in [0.15, 0.2) is 0 Å². The van der Waals surface area contributed by atoms with Crippen LogP contribution in [0.3, 0.4) is 0 Å². The van der Waals surface area contributed by atoms with Gasteiger partial charge in [-0.25, -0.2) is 0 Å². The third kappa shape index (κ3) is 2.17. The number of aromatic nitrogens is 2. The van der Waals surface area contributed by atoms with E-state index >= 15 is 0 Å². The van der Waals surface area contributed by atoms with E-state index in [1.807, 2.05) is 12.1 Å². The third-order valence-electron chi connectivity index (χ3n) is 2.02. The lowest BCUT2D eigenvalue weighted by Crippen LogP contribution is -2.12. The first-order valence-corrected chi connectivity index (χ1v) is 4.62. The van der Waals surface area contributed by atoms with Gasteiger partial charge < -0.3 is 16.0 Å². The lowest BCUT2D eigenvalue weighted by atomic mass is 10.1. The van der Waals surface area contributed by atoms with Crippen molar-refractivity contribution in [2.75, 3.05) is 5.73 Å². The lowest BCUT2D eigenvalue weighted by molar-refractivity contribution is 0.0987. The number of amides is 1. The van der Waals surface area contributed by atoms with Gasteiger partial charge in [-0.1, -0.05) is 17.3 Å². The molecule has 1 heterocycles. The first kappa shape index (κ1) is 10.2. The number of nitrogens with two attached hydrogens (primary N) is 2. The zero-order valence-corrected chi connectivity index (χ0v) is 8.38. The van der Waals surface area contributed by atoms with Gasteiger partial charge in [-0.05, 0) is 17.7 Å². The van der Waals surface area contributed by atoms with Crippen molar-refractivity contribution in [2.45, 2.75) is 6.42 Å². The summed E-state index contributed by atoms with van der Waals surface area (Å²) in [6, 6.07) is 7.26. The minimum atomic E-state index is -0.702. The zero-order chi connectivity index (χ0) is 11.5. The molecular formula is C10H10N4O2. The van der Waals surface area contributed by atoms with Crippen LogP contribution in [0.25, 0.3) is 0 Å². The van der Waals surface area contributed by atoms with Crippen molar-refractivity contribution in [1.82, 2.24) is 10.1 Å². The molecule has 0 bridgehead atoms. The fourth-order valence-electron chi connectivity index (χ4n) is 1.24. The number of carbonyl (C=O) groups is 1. The monoisotopic (exact) mass is 218 g/mol. The largest absolute Gasteiger partial charge is 0.399 e. The van der Waals surface area contributed by atoms with Gasteiger partial charge in [0.2, 0.25) is 5.89 Å². The summed E-state index contributed by atoms with van der Waals surface area (Å²) in [6.07, 6.45) is 0.445. The van der Waals surface area contributed by atoms with Crippen LogP contribution in [0.4, 0.5) is 5.69 Å². The van der Waals surface area contributed by atoms with Crippen LogP contribution in [-0.2, 0) is 6.42 Å². The maximum atomic E-state index is 10.7. The Morgan fingerprint density at radius 1 is 1.31 bits per heavy atom. The number of carbonyl (C=O) groups excluding carboxylic acids is 1. The van der Waals surface area contributed by atoms with Crippen molar-refractivity contribution in [3.05, 3.63) is 41.5 Å². The second-order valence-electron chi connectivity index (χ2n) is 3.29. The molecule has 0 atom stereocenters. The molecule has 1 aromatic heterocycles. The minimum absolute atomic E-state index is 0.106. The van der Waals surface area contributed by atoms with Crippen LogP contribution in [-0.4, -0.2) is 16.0 Å². The Kier molecular flexibility index (Phi) is 2.55. The normalized spacial score (nSPS) is 10.2. The fourth-order valence-corrected chi connectivity index (χ4v) is 1.24. The SMILES string of the molecule is NC(=O)c1noc(Cc2ccc(N)cc2)n1.